The SMILES string of the molecule is COc1ccc2cc(C=Cc3nc(-c4ccc(Cl)cc4Cl)c[nH]3)ccc2c1. The fraction of sp³-hybridized carbons (Fsp3) is 0.0455. The number of rotatable bonds is 4. The molecule has 27 heavy (non-hydrogen) atoms. The number of ether oxygens (including phenoxy) is 1. The topological polar surface area (TPSA) is 37.9 Å². The Kier molecular flexibility index (Phi) is 4.88. The van der Waals surface area contributed by atoms with Crippen LogP contribution in [0, 0.1) is 0 Å². The molecule has 1 heterocycles. The maximum absolute atomic E-state index is 6.26. The smallest absolute Gasteiger partial charge is 0.130 e. The molecule has 134 valence electrons. The molecule has 0 aliphatic rings. The highest BCUT2D eigenvalue weighted by molar-refractivity contribution is 6.36. The van der Waals surface area contributed by atoms with Crippen LogP contribution < -0.4 is 4.74 Å². The number of nitrogens with zero attached hydrogens (tertiary/aromatic N) is 1. The van der Waals surface area contributed by atoms with E-state index in [4.69, 9.17) is 27.9 Å². The van der Waals surface area contributed by atoms with Crippen molar-refractivity contribution in [2.24, 2.45) is 0 Å². The summed E-state index contributed by atoms with van der Waals surface area (Å²) in [6.07, 6.45) is 5.80. The highest BCUT2D eigenvalue weighted by Gasteiger charge is 2.07. The third-order valence-corrected chi connectivity index (χ3v) is 4.86. The normalized spacial score (nSPS) is 11.4. The van der Waals surface area contributed by atoms with Crippen LogP contribution in [-0.2, 0) is 0 Å². The van der Waals surface area contributed by atoms with E-state index in [1.54, 1.807) is 19.2 Å². The summed E-state index contributed by atoms with van der Waals surface area (Å²) in [7, 11) is 1.67. The summed E-state index contributed by atoms with van der Waals surface area (Å²) in [5, 5.41) is 3.48. The zero-order chi connectivity index (χ0) is 18.8. The number of methoxy groups -OCH3 is 1. The van der Waals surface area contributed by atoms with Gasteiger partial charge in [0.1, 0.15) is 11.6 Å². The molecule has 1 aromatic heterocycles. The molecule has 0 fully saturated rings. The van der Waals surface area contributed by atoms with Gasteiger partial charge in [0.25, 0.3) is 0 Å². The van der Waals surface area contributed by atoms with E-state index in [9.17, 15) is 0 Å². The Morgan fingerprint density at radius 3 is 2.56 bits per heavy atom. The molecule has 3 aromatic carbocycles. The lowest BCUT2D eigenvalue weighted by molar-refractivity contribution is 0.415. The van der Waals surface area contributed by atoms with E-state index in [0.717, 1.165) is 39.2 Å². The van der Waals surface area contributed by atoms with Crippen molar-refractivity contribution < 1.29 is 4.74 Å². The molecular formula is C22H16Cl2N2O. The number of imidazole rings is 1. The zero-order valence-corrected chi connectivity index (χ0v) is 16.1. The molecule has 0 bridgehead atoms. The van der Waals surface area contributed by atoms with Gasteiger partial charge in [-0.2, -0.15) is 0 Å². The van der Waals surface area contributed by atoms with Crippen molar-refractivity contribution in [3.63, 3.8) is 0 Å². The predicted molar refractivity (Wildman–Crippen MR) is 113 cm³/mol. The van der Waals surface area contributed by atoms with Gasteiger partial charge in [-0.05, 0) is 58.8 Å². The van der Waals surface area contributed by atoms with Crippen molar-refractivity contribution in [3.8, 4) is 17.0 Å². The van der Waals surface area contributed by atoms with Gasteiger partial charge in [0, 0.05) is 16.8 Å². The Morgan fingerprint density at radius 1 is 0.926 bits per heavy atom. The molecule has 0 radical (unpaired) electrons. The Labute approximate surface area is 167 Å². The van der Waals surface area contributed by atoms with Gasteiger partial charge >= 0.3 is 0 Å². The van der Waals surface area contributed by atoms with Crippen molar-refractivity contribution in [1.29, 1.82) is 0 Å². The van der Waals surface area contributed by atoms with Gasteiger partial charge in [0.2, 0.25) is 0 Å². The van der Waals surface area contributed by atoms with Gasteiger partial charge in [-0.15, -0.1) is 0 Å². The molecule has 0 spiro atoms. The number of aromatic nitrogens is 2. The average Bonchev–Trinajstić information content (AvgIpc) is 3.14. The molecule has 1 N–H and O–H groups in total. The molecule has 3 nitrogen and oxygen atoms in total. The van der Waals surface area contributed by atoms with E-state index in [2.05, 4.69) is 34.2 Å². The highest BCUT2D eigenvalue weighted by atomic mass is 35.5. The van der Waals surface area contributed by atoms with Crippen LogP contribution in [-0.4, -0.2) is 17.1 Å². The second kappa shape index (κ2) is 7.47. The summed E-state index contributed by atoms with van der Waals surface area (Å²) < 4.78 is 5.27. The number of H-pyrrole nitrogens is 1. The van der Waals surface area contributed by atoms with Gasteiger partial charge < -0.3 is 9.72 Å². The summed E-state index contributed by atoms with van der Waals surface area (Å²) in [5.74, 6) is 1.61. The molecule has 0 amide bonds. The second-order valence-electron chi connectivity index (χ2n) is 6.10. The third-order valence-electron chi connectivity index (χ3n) is 4.31. The van der Waals surface area contributed by atoms with E-state index >= 15 is 0 Å². The summed E-state index contributed by atoms with van der Waals surface area (Å²) >= 11 is 12.2. The van der Waals surface area contributed by atoms with Crippen molar-refractivity contribution in [2.45, 2.75) is 0 Å². The first-order valence-corrected chi connectivity index (χ1v) is 9.15. The third kappa shape index (κ3) is 3.85. The van der Waals surface area contributed by atoms with Crippen molar-refractivity contribution in [2.75, 3.05) is 7.11 Å². The molecule has 0 saturated carbocycles. The second-order valence-corrected chi connectivity index (χ2v) is 6.94. The van der Waals surface area contributed by atoms with Crippen LogP contribution in [0.25, 0.3) is 34.2 Å². The van der Waals surface area contributed by atoms with Crippen molar-refractivity contribution in [3.05, 3.63) is 82.2 Å². The monoisotopic (exact) mass is 394 g/mol. The van der Waals surface area contributed by atoms with Crippen molar-refractivity contribution >= 4 is 46.1 Å². The number of halogens is 2. The lowest BCUT2D eigenvalue weighted by Gasteiger charge is -2.03. The Morgan fingerprint density at radius 2 is 1.74 bits per heavy atom. The molecule has 0 atom stereocenters. The summed E-state index contributed by atoms with van der Waals surface area (Å²) in [4.78, 5) is 7.75. The highest BCUT2D eigenvalue weighted by Crippen LogP contribution is 2.29. The van der Waals surface area contributed by atoms with E-state index in [1.165, 1.54) is 0 Å². The minimum Gasteiger partial charge on any atom is -0.497 e. The molecule has 5 heteroatoms. The predicted octanol–water partition coefficient (Wildman–Crippen LogP) is 6.72. The maximum atomic E-state index is 6.26. The quantitative estimate of drug-likeness (QED) is 0.417. The molecular weight excluding hydrogens is 379 g/mol. The van der Waals surface area contributed by atoms with Gasteiger partial charge in [0.15, 0.2) is 0 Å². The molecule has 4 rings (SSSR count). The number of aromatic amines is 1. The maximum Gasteiger partial charge on any atom is 0.130 e. The van der Waals surface area contributed by atoms with E-state index in [0.29, 0.717) is 10.0 Å². The first-order chi connectivity index (χ1) is 13.1. The van der Waals surface area contributed by atoms with E-state index in [-0.39, 0.29) is 0 Å². The van der Waals surface area contributed by atoms with Crippen LogP contribution in [0.4, 0.5) is 0 Å². The van der Waals surface area contributed by atoms with Crippen molar-refractivity contribution in [1.82, 2.24) is 9.97 Å². The summed E-state index contributed by atoms with van der Waals surface area (Å²) in [5.41, 5.74) is 2.72. The summed E-state index contributed by atoms with van der Waals surface area (Å²) in [6, 6.07) is 17.7. The first-order valence-electron chi connectivity index (χ1n) is 8.39. The molecule has 0 aliphatic carbocycles. The number of hydrogen-bond donors (Lipinski definition) is 1. The fourth-order valence-electron chi connectivity index (χ4n) is 2.91. The molecule has 0 aliphatic heterocycles. The van der Waals surface area contributed by atoms with E-state index in [1.807, 2.05) is 36.5 Å². The summed E-state index contributed by atoms with van der Waals surface area (Å²) in [6.45, 7) is 0. The van der Waals surface area contributed by atoms with Crippen LogP contribution in [0.1, 0.15) is 11.4 Å². The molecule has 4 aromatic rings. The molecule has 0 saturated heterocycles. The van der Waals surface area contributed by atoms with Crippen LogP contribution in [0.15, 0.2) is 60.8 Å². The number of fused-ring (bicyclic) bond motifs is 1. The number of benzene rings is 3. The molecule has 0 unspecified atom stereocenters. The van der Waals surface area contributed by atoms with Gasteiger partial charge in [-0.25, -0.2) is 4.98 Å². The first kappa shape index (κ1) is 17.7. The number of nitrogens with one attached hydrogen (secondary N) is 1. The Balaban J connectivity index is 1.58. The van der Waals surface area contributed by atoms with Crippen LogP contribution in [0.5, 0.6) is 5.75 Å². The largest absolute Gasteiger partial charge is 0.497 e. The van der Waals surface area contributed by atoms with E-state index < -0.39 is 0 Å². The fourth-order valence-corrected chi connectivity index (χ4v) is 3.41. The number of hydrogen-bond acceptors (Lipinski definition) is 2. The zero-order valence-electron chi connectivity index (χ0n) is 14.5. The van der Waals surface area contributed by atoms with Gasteiger partial charge in [0.05, 0.1) is 17.8 Å². The van der Waals surface area contributed by atoms with Gasteiger partial charge in [-0.1, -0.05) is 47.5 Å². The Bertz CT molecular complexity index is 1150. The lowest BCUT2D eigenvalue weighted by atomic mass is 10.1. The van der Waals surface area contributed by atoms with Crippen LogP contribution in [0.3, 0.4) is 0 Å². The minimum atomic E-state index is 0.578. The van der Waals surface area contributed by atoms with Gasteiger partial charge in [-0.3, -0.25) is 0 Å². The average molecular weight is 395 g/mol. The van der Waals surface area contributed by atoms with Crippen LogP contribution >= 0.6 is 23.2 Å². The standard InChI is InChI=1S/C22H16Cl2N2O/c1-27-18-7-5-15-10-14(2-4-16(15)11-18)3-9-22-25-13-21(26-22)19-8-6-17(23)12-20(19)24/h2-13H,1H3,(H,25,26). The van der Waals surface area contributed by atoms with Crippen LogP contribution in [0.2, 0.25) is 10.0 Å². The lowest BCUT2D eigenvalue weighted by Crippen LogP contribution is -1.83. The Hall–Kier alpha value is -2.75. The minimum absolute atomic E-state index is 0.578.